The van der Waals surface area contributed by atoms with E-state index in [1.54, 1.807) is 12.0 Å². The molecule has 1 saturated heterocycles. The predicted molar refractivity (Wildman–Crippen MR) is 77.2 cm³/mol. The van der Waals surface area contributed by atoms with Crippen molar-refractivity contribution in [2.24, 2.45) is 0 Å². The molecule has 1 N–H and O–H groups in total. The van der Waals surface area contributed by atoms with Gasteiger partial charge in [0.05, 0.1) is 19.7 Å². The van der Waals surface area contributed by atoms with E-state index < -0.39 is 0 Å². The van der Waals surface area contributed by atoms with Gasteiger partial charge in [0, 0.05) is 7.05 Å². The van der Waals surface area contributed by atoms with Crippen molar-refractivity contribution in [1.29, 1.82) is 0 Å². The topological polar surface area (TPSA) is 50.8 Å². The lowest BCUT2D eigenvalue weighted by molar-refractivity contribution is -0.132. The number of methoxy groups -OCH3 is 1. The molecule has 110 valence electrons. The Hall–Kier alpha value is -1.75. The van der Waals surface area contributed by atoms with Gasteiger partial charge in [-0.05, 0) is 43.7 Å². The zero-order chi connectivity index (χ0) is 14.4. The minimum absolute atomic E-state index is 0.0130. The van der Waals surface area contributed by atoms with E-state index in [9.17, 15) is 4.79 Å². The molecule has 2 rings (SSSR count). The highest BCUT2D eigenvalue weighted by Crippen LogP contribution is 2.16. The molecule has 1 aliphatic heterocycles. The second-order valence-electron chi connectivity index (χ2n) is 4.93. The standard InChI is InChI=1S/C15H22N2O3/c1-17(15(18)14-4-3-9-16-14)10-11-20-13-7-5-12(19-2)6-8-13/h5-8,14,16H,3-4,9-11H2,1-2H3. The van der Waals surface area contributed by atoms with Gasteiger partial charge in [-0.15, -0.1) is 0 Å². The van der Waals surface area contributed by atoms with Crippen LogP contribution in [0.25, 0.3) is 0 Å². The maximum Gasteiger partial charge on any atom is 0.239 e. The van der Waals surface area contributed by atoms with Gasteiger partial charge in [0.25, 0.3) is 0 Å². The number of hydrogen-bond acceptors (Lipinski definition) is 4. The monoisotopic (exact) mass is 278 g/mol. The minimum atomic E-state index is -0.0130. The normalized spacial score (nSPS) is 17.8. The number of nitrogens with one attached hydrogen (secondary N) is 1. The summed E-state index contributed by atoms with van der Waals surface area (Å²) in [5, 5.41) is 3.21. The molecular weight excluding hydrogens is 256 g/mol. The molecule has 1 fully saturated rings. The van der Waals surface area contributed by atoms with Crippen LogP contribution in [-0.4, -0.2) is 50.7 Å². The fourth-order valence-electron chi connectivity index (χ4n) is 2.24. The summed E-state index contributed by atoms with van der Waals surface area (Å²) in [5.41, 5.74) is 0. The average Bonchev–Trinajstić information content (AvgIpc) is 3.01. The zero-order valence-corrected chi connectivity index (χ0v) is 12.1. The van der Waals surface area contributed by atoms with E-state index in [1.807, 2.05) is 31.3 Å². The SMILES string of the molecule is COc1ccc(OCCN(C)C(=O)C2CCCN2)cc1. The number of ether oxygens (including phenoxy) is 2. The Morgan fingerprint density at radius 3 is 2.65 bits per heavy atom. The first-order valence-electron chi connectivity index (χ1n) is 6.96. The van der Waals surface area contributed by atoms with Crippen molar-refractivity contribution in [1.82, 2.24) is 10.2 Å². The molecule has 1 atom stereocenters. The number of benzene rings is 1. The summed E-state index contributed by atoms with van der Waals surface area (Å²) in [7, 11) is 3.45. The van der Waals surface area contributed by atoms with Gasteiger partial charge in [-0.25, -0.2) is 0 Å². The molecular formula is C15H22N2O3. The molecule has 1 aromatic rings. The van der Waals surface area contributed by atoms with Gasteiger partial charge in [0.15, 0.2) is 0 Å². The Bertz CT molecular complexity index is 427. The molecule has 1 aliphatic rings. The van der Waals surface area contributed by atoms with Crippen molar-refractivity contribution in [2.45, 2.75) is 18.9 Å². The lowest BCUT2D eigenvalue weighted by Gasteiger charge is -2.21. The van der Waals surface area contributed by atoms with E-state index >= 15 is 0 Å². The van der Waals surface area contributed by atoms with Crippen LogP contribution >= 0.6 is 0 Å². The van der Waals surface area contributed by atoms with Crippen molar-refractivity contribution in [3.05, 3.63) is 24.3 Å². The third kappa shape index (κ3) is 3.87. The zero-order valence-electron chi connectivity index (χ0n) is 12.1. The quantitative estimate of drug-likeness (QED) is 0.852. The summed E-state index contributed by atoms with van der Waals surface area (Å²) in [6, 6.07) is 7.42. The first kappa shape index (κ1) is 14.7. The van der Waals surface area contributed by atoms with Crippen LogP contribution < -0.4 is 14.8 Å². The number of likely N-dealkylation sites (N-methyl/N-ethyl adjacent to an activating group) is 1. The Morgan fingerprint density at radius 2 is 2.05 bits per heavy atom. The highest BCUT2D eigenvalue weighted by atomic mass is 16.5. The van der Waals surface area contributed by atoms with Gasteiger partial charge in [-0.2, -0.15) is 0 Å². The van der Waals surface area contributed by atoms with Crippen LogP contribution in [0.15, 0.2) is 24.3 Å². The lowest BCUT2D eigenvalue weighted by Crippen LogP contribution is -2.43. The van der Waals surface area contributed by atoms with Crippen LogP contribution in [0.2, 0.25) is 0 Å². The molecule has 1 amide bonds. The number of amides is 1. The Kier molecular flexibility index (Phi) is 5.24. The van der Waals surface area contributed by atoms with E-state index in [2.05, 4.69) is 5.32 Å². The molecule has 0 aliphatic carbocycles. The van der Waals surface area contributed by atoms with E-state index in [4.69, 9.17) is 9.47 Å². The summed E-state index contributed by atoms with van der Waals surface area (Å²) in [6.07, 6.45) is 2.01. The summed E-state index contributed by atoms with van der Waals surface area (Å²) in [4.78, 5) is 13.8. The highest BCUT2D eigenvalue weighted by Gasteiger charge is 2.24. The lowest BCUT2D eigenvalue weighted by atomic mass is 10.2. The highest BCUT2D eigenvalue weighted by molar-refractivity contribution is 5.81. The van der Waals surface area contributed by atoms with Crippen LogP contribution in [-0.2, 0) is 4.79 Å². The van der Waals surface area contributed by atoms with Crippen molar-refractivity contribution < 1.29 is 14.3 Å². The molecule has 1 heterocycles. The van der Waals surface area contributed by atoms with Crippen LogP contribution in [0.5, 0.6) is 11.5 Å². The van der Waals surface area contributed by atoms with Gasteiger partial charge in [-0.3, -0.25) is 4.79 Å². The van der Waals surface area contributed by atoms with E-state index in [-0.39, 0.29) is 11.9 Å². The van der Waals surface area contributed by atoms with Crippen molar-refractivity contribution >= 4 is 5.91 Å². The molecule has 0 bridgehead atoms. The molecule has 0 saturated carbocycles. The first-order chi connectivity index (χ1) is 9.70. The summed E-state index contributed by atoms with van der Waals surface area (Å²) >= 11 is 0. The van der Waals surface area contributed by atoms with E-state index in [0.29, 0.717) is 13.2 Å². The fraction of sp³-hybridized carbons (Fsp3) is 0.533. The van der Waals surface area contributed by atoms with Crippen LogP contribution in [0.1, 0.15) is 12.8 Å². The van der Waals surface area contributed by atoms with Crippen LogP contribution in [0, 0.1) is 0 Å². The molecule has 1 unspecified atom stereocenters. The minimum Gasteiger partial charge on any atom is -0.497 e. The molecule has 0 radical (unpaired) electrons. The molecule has 0 spiro atoms. The smallest absolute Gasteiger partial charge is 0.239 e. The predicted octanol–water partition coefficient (Wildman–Crippen LogP) is 1.28. The number of hydrogen-bond donors (Lipinski definition) is 1. The fourth-order valence-corrected chi connectivity index (χ4v) is 2.24. The van der Waals surface area contributed by atoms with Crippen molar-refractivity contribution in [3.8, 4) is 11.5 Å². The van der Waals surface area contributed by atoms with Gasteiger partial charge >= 0.3 is 0 Å². The second-order valence-corrected chi connectivity index (χ2v) is 4.93. The number of carbonyl (C=O) groups is 1. The van der Waals surface area contributed by atoms with Crippen molar-refractivity contribution in [3.63, 3.8) is 0 Å². The van der Waals surface area contributed by atoms with Gasteiger partial charge in [-0.1, -0.05) is 0 Å². The molecule has 5 nitrogen and oxygen atoms in total. The van der Waals surface area contributed by atoms with Gasteiger partial charge in [0.1, 0.15) is 18.1 Å². The Balaban J connectivity index is 1.72. The van der Waals surface area contributed by atoms with E-state index in [0.717, 1.165) is 30.9 Å². The second kappa shape index (κ2) is 7.14. The first-order valence-corrected chi connectivity index (χ1v) is 6.96. The summed E-state index contributed by atoms with van der Waals surface area (Å²) in [6.45, 7) is 2.01. The van der Waals surface area contributed by atoms with Crippen LogP contribution in [0.3, 0.4) is 0 Å². The Morgan fingerprint density at radius 1 is 1.35 bits per heavy atom. The molecule has 20 heavy (non-hydrogen) atoms. The number of carbonyl (C=O) groups excluding carboxylic acids is 1. The summed E-state index contributed by atoms with van der Waals surface area (Å²) in [5.74, 6) is 1.74. The summed E-state index contributed by atoms with van der Waals surface area (Å²) < 4.78 is 10.7. The maximum atomic E-state index is 12.1. The third-order valence-corrected chi connectivity index (χ3v) is 3.49. The molecule has 0 aromatic heterocycles. The molecule has 1 aromatic carbocycles. The number of rotatable bonds is 6. The van der Waals surface area contributed by atoms with Crippen molar-refractivity contribution in [2.75, 3.05) is 33.9 Å². The molecule has 5 heteroatoms. The van der Waals surface area contributed by atoms with E-state index in [1.165, 1.54) is 0 Å². The van der Waals surface area contributed by atoms with Crippen LogP contribution in [0.4, 0.5) is 0 Å². The average molecular weight is 278 g/mol. The largest absolute Gasteiger partial charge is 0.497 e. The third-order valence-electron chi connectivity index (χ3n) is 3.49. The Labute approximate surface area is 119 Å². The van der Waals surface area contributed by atoms with Gasteiger partial charge in [0.2, 0.25) is 5.91 Å². The number of nitrogens with zero attached hydrogens (tertiary/aromatic N) is 1. The maximum absolute atomic E-state index is 12.1. The van der Waals surface area contributed by atoms with Gasteiger partial charge < -0.3 is 19.7 Å².